The number of aromatic nitrogens is 1. The molecule has 128 valence electrons. The highest BCUT2D eigenvalue weighted by Gasteiger charge is 2.05. The average molecular weight is 334 g/mol. The summed E-state index contributed by atoms with van der Waals surface area (Å²) in [5, 5.41) is 3.97. The maximum absolute atomic E-state index is 12.1. The molecule has 4 heteroatoms. The number of hydrogen-bond donors (Lipinski definition) is 2. The smallest absolute Gasteiger partial charge is 0.251 e. The van der Waals surface area contributed by atoms with Crippen molar-refractivity contribution in [2.45, 2.75) is 33.2 Å². The van der Waals surface area contributed by atoms with Gasteiger partial charge in [-0.1, -0.05) is 36.4 Å². The first-order valence-corrected chi connectivity index (χ1v) is 8.47. The molecule has 0 fully saturated rings. The zero-order chi connectivity index (χ0) is 17.8. The fourth-order valence-electron chi connectivity index (χ4n) is 2.86. The summed E-state index contributed by atoms with van der Waals surface area (Å²) in [5.74, 6) is 0.0285. The van der Waals surface area contributed by atoms with Crippen LogP contribution in [0.2, 0.25) is 0 Å². The second-order valence-electron chi connectivity index (χ2n) is 6.41. The third kappa shape index (κ3) is 4.15. The van der Waals surface area contributed by atoms with Gasteiger partial charge in [-0.3, -0.25) is 9.59 Å². The van der Waals surface area contributed by atoms with Gasteiger partial charge >= 0.3 is 0 Å². The van der Waals surface area contributed by atoms with Crippen molar-refractivity contribution < 1.29 is 4.79 Å². The third-order valence-corrected chi connectivity index (χ3v) is 4.47. The molecule has 0 bridgehead atoms. The zero-order valence-electron chi connectivity index (χ0n) is 14.6. The molecule has 0 aliphatic carbocycles. The van der Waals surface area contributed by atoms with Gasteiger partial charge in [-0.05, 0) is 54.5 Å². The zero-order valence-corrected chi connectivity index (χ0v) is 14.6. The number of carbonyl (C=O) groups excluding carboxylic acids is 1. The predicted octanol–water partition coefficient (Wildman–Crippen LogP) is 3.39. The van der Waals surface area contributed by atoms with Gasteiger partial charge in [0.1, 0.15) is 0 Å². The van der Waals surface area contributed by atoms with Crippen LogP contribution in [0, 0.1) is 13.8 Å². The molecule has 0 spiro atoms. The molecule has 1 heterocycles. The lowest BCUT2D eigenvalue weighted by Crippen LogP contribution is -2.23. The molecule has 0 unspecified atom stereocenters. The molecule has 3 rings (SSSR count). The van der Waals surface area contributed by atoms with Gasteiger partial charge in [0, 0.05) is 24.0 Å². The summed E-state index contributed by atoms with van der Waals surface area (Å²) in [5.41, 5.74) is 4.80. The predicted molar refractivity (Wildman–Crippen MR) is 101 cm³/mol. The van der Waals surface area contributed by atoms with Crippen LogP contribution in [0.5, 0.6) is 0 Å². The Morgan fingerprint density at radius 3 is 2.64 bits per heavy atom. The molecule has 0 aliphatic rings. The van der Waals surface area contributed by atoms with E-state index in [-0.39, 0.29) is 11.5 Å². The van der Waals surface area contributed by atoms with Crippen molar-refractivity contribution in [2.75, 3.05) is 0 Å². The molecular weight excluding hydrogens is 312 g/mol. The number of carbonyl (C=O) groups is 1. The Hall–Kier alpha value is -2.88. The van der Waals surface area contributed by atoms with Crippen molar-refractivity contribution in [2.24, 2.45) is 0 Å². The first-order valence-electron chi connectivity index (χ1n) is 8.47. The number of fused-ring (bicyclic) bond motifs is 1. The van der Waals surface area contributed by atoms with Gasteiger partial charge in [0.15, 0.2) is 0 Å². The standard InChI is InChI=1S/C21H22N2O2/c1-14-5-3-4-6-18(14)13-22-20(24)10-8-16-7-9-17-11-15(2)21(25)23-19(17)12-16/h3-7,9,11-12H,8,10,13H2,1-2H3,(H,22,24)(H,23,25). The highest BCUT2D eigenvalue weighted by Crippen LogP contribution is 2.15. The number of amides is 1. The maximum atomic E-state index is 12.1. The summed E-state index contributed by atoms with van der Waals surface area (Å²) in [6, 6.07) is 15.9. The maximum Gasteiger partial charge on any atom is 0.251 e. The lowest BCUT2D eigenvalue weighted by molar-refractivity contribution is -0.121. The Balaban J connectivity index is 1.60. The Morgan fingerprint density at radius 1 is 1.04 bits per heavy atom. The van der Waals surface area contributed by atoms with Crippen LogP contribution in [0.25, 0.3) is 10.9 Å². The normalized spacial score (nSPS) is 10.8. The van der Waals surface area contributed by atoms with Crippen molar-refractivity contribution in [3.05, 3.63) is 81.1 Å². The first kappa shape index (κ1) is 17.0. The number of rotatable bonds is 5. The Bertz CT molecular complexity index is 973. The van der Waals surface area contributed by atoms with Crippen LogP contribution in [0.1, 0.15) is 28.7 Å². The summed E-state index contributed by atoms with van der Waals surface area (Å²) in [6.07, 6.45) is 1.07. The Morgan fingerprint density at radius 2 is 1.84 bits per heavy atom. The van der Waals surface area contributed by atoms with Crippen LogP contribution in [0.15, 0.2) is 53.3 Å². The molecule has 3 aromatic rings. The molecule has 0 atom stereocenters. The van der Waals surface area contributed by atoms with Gasteiger partial charge in [0.25, 0.3) is 5.56 Å². The SMILES string of the molecule is Cc1ccccc1CNC(=O)CCc1ccc2cc(C)c(=O)[nH]c2c1. The fourth-order valence-corrected chi connectivity index (χ4v) is 2.86. The van der Waals surface area contributed by atoms with Crippen molar-refractivity contribution in [3.63, 3.8) is 0 Å². The van der Waals surface area contributed by atoms with Crippen molar-refractivity contribution in [1.29, 1.82) is 0 Å². The summed E-state index contributed by atoms with van der Waals surface area (Å²) >= 11 is 0. The van der Waals surface area contributed by atoms with Gasteiger partial charge in [-0.2, -0.15) is 0 Å². The van der Waals surface area contributed by atoms with Gasteiger partial charge < -0.3 is 10.3 Å². The van der Waals surface area contributed by atoms with E-state index in [2.05, 4.69) is 10.3 Å². The number of H-pyrrole nitrogens is 1. The van der Waals surface area contributed by atoms with Crippen LogP contribution in [-0.2, 0) is 17.8 Å². The van der Waals surface area contributed by atoms with Crippen LogP contribution < -0.4 is 10.9 Å². The van der Waals surface area contributed by atoms with E-state index >= 15 is 0 Å². The van der Waals surface area contributed by atoms with Crippen LogP contribution >= 0.6 is 0 Å². The lowest BCUT2D eigenvalue weighted by Gasteiger charge is -2.08. The van der Waals surface area contributed by atoms with Crippen molar-refractivity contribution >= 4 is 16.8 Å². The molecule has 1 amide bonds. The molecule has 4 nitrogen and oxygen atoms in total. The lowest BCUT2D eigenvalue weighted by atomic mass is 10.1. The highest BCUT2D eigenvalue weighted by atomic mass is 16.1. The summed E-state index contributed by atoms with van der Waals surface area (Å²) in [7, 11) is 0. The summed E-state index contributed by atoms with van der Waals surface area (Å²) < 4.78 is 0. The summed E-state index contributed by atoms with van der Waals surface area (Å²) in [4.78, 5) is 26.7. The van der Waals surface area contributed by atoms with Gasteiger partial charge in [-0.25, -0.2) is 0 Å². The van der Waals surface area contributed by atoms with E-state index in [4.69, 9.17) is 0 Å². The molecule has 2 N–H and O–H groups in total. The van der Waals surface area contributed by atoms with Crippen LogP contribution in [-0.4, -0.2) is 10.9 Å². The minimum absolute atomic E-state index is 0.0285. The fraction of sp³-hybridized carbons (Fsp3) is 0.238. The van der Waals surface area contributed by atoms with E-state index in [0.29, 0.717) is 24.9 Å². The first-order chi connectivity index (χ1) is 12.0. The number of hydrogen-bond acceptors (Lipinski definition) is 2. The minimum atomic E-state index is -0.0689. The highest BCUT2D eigenvalue weighted by molar-refractivity contribution is 5.80. The summed E-state index contributed by atoms with van der Waals surface area (Å²) in [6.45, 7) is 4.39. The number of aromatic amines is 1. The third-order valence-electron chi connectivity index (χ3n) is 4.47. The van der Waals surface area contributed by atoms with Crippen molar-refractivity contribution in [1.82, 2.24) is 10.3 Å². The van der Waals surface area contributed by atoms with Gasteiger partial charge in [-0.15, -0.1) is 0 Å². The topological polar surface area (TPSA) is 62.0 Å². The second-order valence-corrected chi connectivity index (χ2v) is 6.41. The molecule has 0 radical (unpaired) electrons. The van der Waals surface area contributed by atoms with E-state index in [9.17, 15) is 9.59 Å². The molecule has 0 saturated heterocycles. The van der Waals surface area contributed by atoms with Crippen molar-refractivity contribution in [3.8, 4) is 0 Å². The van der Waals surface area contributed by atoms with E-state index in [1.165, 1.54) is 5.56 Å². The average Bonchev–Trinajstić information content (AvgIpc) is 2.60. The molecule has 25 heavy (non-hydrogen) atoms. The molecule has 2 aromatic carbocycles. The molecule has 0 saturated carbocycles. The monoisotopic (exact) mass is 334 g/mol. The molecule has 1 aromatic heterocycles. The molecule has 0 aliphatic heterocycles. The minimum Gasteiger partial charge on any atom is -0.352 e. The van der Waals surface area contributed by atoms with E-state index < -0.39 is 0 Å². The largest absolute Gasteiger partial charge is 0.352 e. The number of benzene rings is 2. The van der Waals surface area contributed by atoms with Crippen LogP contribution in [0.4, 0.5) is 0 Å². The van der Waals surface area contributed by atoms with E-state index in [1.807, 2.05) is 55.5 Å². The Labute approximate surface area is 146 Å². The number of aryl methyl sites for hydroxylation is 3. The number of nitrogens with one attached hydrogen (secondary N) is 2. The number of pyridine rings is 1. The van der Waals surface area contributed by atoms with E-state index in [1.54, 1.807) is 6.92 Å². The van der Waals surface area contributed by atoms with Crippen LogP contribution in [0.3, 0.4) is 0 Å². The van der Waals surface area contributed by atoms with Gasteiger partial charge in [0.05, 0.1) is 0 Å². The Kier molecular flexibility index (Phi) is 4.98. The molecular formula is C21H22N2O2. The van der Waals surface area contributed by atoms with E-state index in [0.717, 1.165) is 22.0 Å². The quantitative estimate of drug-likeness (QED) is 0.751. The van der Waals surface area contributed by atoms with Gasteiger partial charge in [0.2, 0.25) is 5.91 Å². The second kappa shape index (κ2) is 7.34.